The Kier molecular flexibility index (Phi) is 8.48. The smallest absolute Gasteiger partial charge is 0.348 e. The second-order valence-corrected chi connectivity index (χ2v) is 7.18. The minimum absolute atomic E-state index is 0.0711. The molecular weight excluding hydrogens is 370 g/mol. The Hall–Kier alpha value is -2.18. The molecule has 3 N–H and O–H groups in total. The van der Waals surface area contributed by atoms with E-state index in [0.29, 0.717) is 18.2 Å². The van der Waals surface area contributed by atoms with Gasteiger partial charge in [0.05, 0.1) is 0 Å². The van der Waals surface area contributed by atoms with E-state index in [0.717, 1.165) is 25.9 Å². The van der Waals surface area contributed by atoms with Crippen molar-refractivity contribution >= 4 is 24.9 Å². The molecule has 0 aromatic heterocycles. The number of hydrogen-bond acceptors (Lipinski definition) is 5. The Morgan fingerprint density at radius 1 is 1.22 bits per heavy atom. The van der Waals surface area contributed by atoms with Crippen LogP contribution in [-0.4, -0.2) is 30.7 Å². The topological polar surface area (TPSA) is 101 Å². The maximum atomic E-state index is 12.7. The van der Waals surface area contributed by atoms with Crippen LogP contribution in [0, 0.1) is 11.7 Å². The van der Waals surface area contributed by atoms with Gasteiger partial charge in [0.2, 0.25) is 0 Å². The lowest BCUT2D eigenvalue weighted by Gasteiger charge is -2.19. The highest BCUT2D eigenvalue weighted by atomic mass is 31.1. The molecule has 27 heavy (non-hydrogen) atoms. The molecule has 6 nitrogen and oxygen atoms in total. The number of aliphatic hydroxyl groups excluding tert-OH is 1. The molecule has 1 heterocycles. The third-order valence-electron chi connectivity index (χ3n) is 4.14. The molecule has 1 saturated heterocycles. The molecule has 1 fully saturated rings. The first-order chi connectivity index (χ1) is 13.0. The summed E-state index contributed by atoms with van der Waals surface area (Å²) in [6.07, 6.45) is 2.30. The SMILES string of the molecule is O=C(Nc1ccc(F)cc1)c1cccc([P+](=O)[O-])c1.OCC1CCNCC1. The van der Waals surface area contributed by atoms with Crippen molar-refractivity contribution in [2.75, 3.05) is 25.0 Å². The number of carbonyl (C=O) groups is 1. The average molecular weight is 392 g/mol. The van der Waals surface area contributed by atoms with Gasteiger partial charge in [-0.05, 0) is 68.2 Å². The highest BCUT2D eigenvalue weighted by molar-refractivity contribution is 7.45. The Morgan fingerprint density at radius 3 is 2.44 bits per heavy atom. The third-order valence-corrected chi connectivity index (χ3v) is 4.84. The quantitative estimate of drug-likeness (QED) is 0.689. The van der Waals surface area contributed by atoms with Crippen LogP contribution in [0.5, 0.6) is 0 Å². The zero-order valence-corrected chi connectivity index (χ0v) is 15.6. The lowest BCUT2D eigenvalue weighted by Crippen LogP contribution is -2.29. The van der Waals surface area contributed by atoms with Crippen LogP contribution in [0.2, 0.25) is 0 Å². The zero-order valence-electron chi connectivity index (χ0n) is 14.7. The lowest BCUT2D eigenvalue weighted by molar-refractivity contribution is -0.160. The minimum atomic E-state index is -2.73. The average Bonchev–Trinajstić information content (AvgIpc) is 2.71. The summed E-state index contributed by atoms with van der Waals surface area (Å²) in [5.41, 5.74) is 0.657. The van der Waals surface area contributed by atoms with E-state index in [1.165, 1.54) is 48.5 Å². The van der Waals surface area contributed by atoms with E-state index >= 15 is 0 Å². The number of hydrogen-bond donors (Lipinski definition) is 3. The van der Waals surface area contributed by atoms with E-state index in [9.17, 15) is 18.6 Å². The number of anilines is 1. The number of rotatable bonds is 4. The number of halogens is 1. The van der Waals surface area contributed by atoms with Crippen molar-refractivity contribution in [3.05, 3.63) is 59.9 Å². The van der Waals surface area contributed by atoms with Crippen LogP contribution in [-0.2, 0) is 4.57 Å². The van der Waals surface area contributed by atoms with Crippen LogP contribution in [0.4, 0.5) is 10.1 Å². The van der Waals surface area contributed by atoms with Crippen molar-refractivity contribution in [3.63, 3.8) is 0 Å². The summed E-state index contributed by atoms with van der Waals surface area (Å²) in [5, 5.41) is 14.5. The number of aliphatic hydroxyl groups is 1. The van der Waals surface area contributed by atoms with Gasteiger partial charge in [-0.1, -0.05) is 10.6 Å². The number of piperidine rings is 1. The molecule has 8 heteroatoms. The van der Waals surface area contributed by atoms with E-state index in [-0.39, 0.29) is 10.9 Å². The fraction of sp³-hybridized carbons (Fsp3) is 0.316. The normalized spacial score (nSPS) is 14.7. The second-order valence-electron chi connectivity index (χ2n) is 6.14. The molecule has 0 spiro atoms. The van der Waals surface area contributed by atoms with Crippen LogP contribution in [0.3, 0.4) is 0 Å². The number of carbonyl (C=O) groups excluding carboxylic acids is 1. The summed E-state index contributed by atoms with van der Waals surface area (Å²) in [6, 6.07) is 11.0. The first kappa shape index (κ1) is 21.1. The van der Waals surface area contributed by atoms with Crippen molar-refractivity contribution < 1.29 is 23.7 Å². The van der Waals surface area contributed by atoms with Gasteiger partial charge in [-0.2, -0.15) is 0 Å². The third kappa shape index (κ3) is 7.15. The van der Waals surface area contributed by atoms with Crippen molar-refractivity contribution in [2.45, 2.75) is 12.8 Å². The van der Waals surface area contributed by atoms with Gasteiger partial charge < -0.3 is 20.6 Å². The Balaban J connectivity index is 0.000000273. The summed E-state index contributed by atoms with van der Waals surface area (Å²) in [4.78, 5) is 22.7. The first-order valence-electron chi connectivity index (χ1n) is 8.62. The monoisotopic (exact) mass is 392 g/mol. The highest BCUT2D eigenvalue weighted by Gasteiger charge is 2.12. The molecule has 1 unspecified atom stereocenters. The molecule has 1 amide bonds. The van der Waals surface area contributed by atoms with Gasteiger partial charge in [0.1, 0.15) is 5.82 Å². The zero-order chi connectivity index (χ0) is 19.6. The van der Waals surface area contributed by atoms with Crippen molar-refractivity contribution in [3.8, 4) is 0 Å². The molecule has 3 rings (SSSR count). The van der Waals surface area contributed by atoms with Crippen molar-refractivity contribution in [1.82, 2.24) is 5.32 Å². The fourth-order valence-electron chi connectivity index (χ4n) is 2.56. The summed E-state index contributed by atoms with van der Waals surface area (Å²) >= 11 is 0. The number of benzene rings is 2. The first-order valence-corrected chi connectivity index (χ1v) is 9.80. The molecule has 1 atom stereocenters. The number of nitrogens with one attached hydrogen (secondary N) is 2. The van der Waals surface area contributed by atoms with E-state index in [4.69, 9.17) is 5.11 Å². The molecule has 0 radical (unpaired) electrons. The van der Waals surface area contributed by atoms with Crippen molar-refractivity contribution in [2.24, 2.45) is 5.92 Å². The van der Waals surface area contributed by atoms with Gasteiger partial charge in [0.15, 0.2) is 5.30 Å². The molecule has 1 aliphatic heterocycles. The van der Waals surface area contributed by atoms with Gasteiger partial charge in [-0.25, -0.2) is 4.39 Å². The minimum Gasteiger partial charge on any atom is -0.591 e. The van der Waals surface area contributed by atoms with Crippen LogP contribution in [0.25, 0.3) is 0 Å². The van der Waals surface area contributed by atoms with Crippen LogP contribution in [0.15, 0.2) is 48.5 Å². The molecule has 2 aromatic carbocycles. The van der Waals surface area contributed by atoms with Crippen LogP contribution < -0.4 is 20.8 Å². The predicted molar refractivity (Wildman–Crippen MR) is 101 cm³/mol. The van der Waals surface area contributed by atoms with E-state index in [2.05, 4.69) is 10.6 Å². The van der Waals surface area contributed by atoms with Gasteiger partial charge in [0, 0.05) is 23.9 Å². The van der Waals surface area contributed by atoms with E-state index < -0.39 is 19.8 Å². The molecule has 1 aliphatic rings. The summed E-state index contributed by atoms with van der Waals surface area (Å²) in [6.45, 7) is 2.55. The predicted octanol–water partition coefficient (Wildman–Crippen LogP) is 1.78. The molecular formula is C19H22FN2O4P. The Bertz CT molecular complexity index is 765. The Morgan fingerprint density at radius 2 is 1.89 bits per heavy atom. The lowest BCUT2D eigenvalue weighted by atomic mass is 10.00. The number of amides is 1. The largest absolute Gasteiger partial charge is 0.591 e. The van der Waals surface area contributed by atoms with Gasteiger partial charge in [-0.15, -0.1) is 0 Å². The maximum Gasteiger partial charge on any atom is 0.348 e. The highest BCUT2D eigenvalue weighted by Crippen LogP contribution is 2.13. The summed E-state index contributed by atoms with van der Waals surface area (Å²) in [7, 11) is -2.73. The van der Waals surface area contributed by atoms with Gasteiger partial charge >= 0.3 is 8.03 Å². The van der Waals surface area contributed by atoms with Gasteiger partial charge in [-0.3, -0.25) is 4.79 Å². The maximum absolute atomic E-state index is 12.7. The van der Waals surface area contributed by atoms with Crippen LogP contribution in [0.1, 0.15) is 23.2 Å². The molecule has 0 saturated carbocycles. The fourth-order valence-corrected chi connectivity index (χ4v) is 3.01. The standard InChI is InChI=1S/C13H9FNO3P.C6H13NO/c14-10-4-6-11(7-5-10)15-13(16)9-2-1-3-12(8-9)19(17)18;8-5-6-1-3-7-4-2-6/h1-8H,(H,15,16);6-8H,1-5H2. The summed E-state index contributed by atoms with van der Waals surface area (Å²) < 4.78 is 23.5. The molecule has 0 bridgehead atoms. The van der Waals surface area contributed by atoms with Crippen molar-refractivity contribution in [1.29, 1.82) is 0 Å². The molecule has 2 aromatic rings. The van der Waals surface area contributed by atoms with E-state index in [1.54, 1.807) is 0 Å². The Labute approximate surface area is 158 Å². The second kappa shape index (κ2) is 10.8. The summed E-state index contributed by atoms with van der Waals surface area (Å²) in [5.74, 6) is -0.273. The van der Waals surface area contributed by atoms with Gasteiger partial charge in [0.25, 0.3) is 5.91 Å². The molecule has 0 aliphatic carbocycles. The van der Waals surface area contributed by atoms with Crippen LogP contribution >= 0.6 is 8.03 Å². The van der Waals surface area contributed by atoms with E-state index in [1.807, 2.05) is 0 Å². The molecule has 144 valence electrons.